The molecule has 16 rings (SSSR count). The number of fused-ring (bicyclic) bond motifs is 12. The van der Waals surface area contributed by atoms with Crippen molar-refractivity contribution >= 4 is 68.1 Å². The van der Waals surface area contributed by atoms with Gasteiger partial charge in [0.2, 0.25) is 10.9 Å². The Morgan fingerprint density at radius 3 is 1.36 bits per heavy atom. The van der Waals surface area contributed by atoms with Crippen molar-refractivity contribution in [2.45, 2.75) is 245 Å². The summed E-state index contributed by atoms with van der Waals surface area (Å²) in [6, 6.07) is 0.432. The number of halogens is 2. The number of benzene rings is 2. The number of aliphatic hydroxyl groups excluding tert-OH is 3. The number of ketones is 5. The smallest absolute Gasteiger partial charge is 0.341 e. The van der Waals surface area contributed by atoms with Crippen molar-refractivity contribution in [3.05, 3.63) is 89.0 Å². The number of rotatable bonds is 14. The lowest BCUT2D eigenvalue weighted by atomic mass is 9.45. The Balaban J connectivity index is 0.000000151. The number of hydrogen-bond donors (Lipinski definition) is 8. The van der Waals surface area contributed by atoms with Crippen LogP contribution >= 0.6 is 0 Å². The molecule has 592 valence electrons. The first-order valence-corrected chi connectivity index (χ1v) is 40.1. The van der Waals surface area contributed by atoms with Crippen LogP contribution in [0, 0.1) is 96.5 Å². The molecule has 8 N–H and O–H groups in total. The fourth-order valence-electron chi connectivity index (χ4n) is 24.1. The number of ether oxygens (including phenoxy) is 2. The molecule has 2 aromatic carbocycles. The normalized spacial score (nSPS) is 34.6. The zero-order valence-electron chi connectivity index (χ0n) is 65.5. The van der Waals surface area contributed by atoms with E-state index >= 15 is 8.78 Å². The van der Waals surface area contributed by atoms with Gasteiger partial charge in [0.25, 0.3) is 0 Å². The number of aliphatic hydroxyl groups is 5. The zero-order chi connectivity index (χ0) is 78.6. The van der Waals surface area contributed by atoms with E-state index in [0.29, 0.717) is 123 Å². The fraction of sp³-hybridized carbons (Fsp3) is 0.671. The van der Waals surface area contributed by atoms with Crippen LogP contribution in [0.3, 0.4) is 0 Å². The van der Waals surface area contributed by atoms with Crippen LogP contribution in [0.2, 0.25) is 0 Å². The first-order valence-electron chi connectivity index (χ1n) is 40.1. The Labute approximate surface area is 635 Å². The summed E-state index contributed by atoms with van der Waals surface area (Å²) >= 11 is 0. The molecular formula is C85H112F2N6O16. The molecule has 109 heavy (non-hydrogen) atoms. The molecule has 4 aromatic rings. The highest BCUT2D eigenvalue weighted by Gasteiger charge is 2.70. The lowest BCUT2D eigenvalue weighted by Crippen LogP contribution is -2.62. The Kier molecular flexibility index (Phi) is 20.6. The summed E-state index contributed by atoms with van der Waals surface area (Å²) in [5.41, 5.74) is -1.65. The van der Waals surface area contributed by atoms with Crippen LogP contribution in [0.4, 0.5) is 20.2 Å². The largest absolute Gasteiger partial charge is 0.492 e. The van der Waals surface area contributed by atoms with Gasteiger partial charge in [-0.15, -0.1) is 0 Å². The highest BCUT2D eigenvalue weighted by atomic mass is 19.1. The van der Waals surface area contributed by atoms with Crippen LogP contribution in [0.15, 0.2) is 32.9 Å². The predicted molar refractivity (Wildman–Crippen MR) is 408 cm³/mol. The van der Waals surface area contributed by atoms with Gasteiger partial charge >= 0.3 is 5.97 Å². The van der Waals surface area contributed by atoms with Gasteiger partial charge in [-0.3, -0.25) is 33.6 Å². The third-order valence-corrected chi connectivity index (χ3v) is 29.8. The lowest BCUT2D eigenvalue weighted by molar-refractivity contribution is -0.182. The van der Waals surface area contributed by atoms with Gasteiger partial charge in [0.05, 0.1) is 53.8 Å². The second kappa shape index (κ2) is 28.5. The molecule has 0 bridgehead atoms. The van der Waals surface area contributed by atoms with Crippen LogP contribution in [0.5, 0.6) is 11.5 Å². The molecule has 0 radical (unpaired) electrons. The quantitative estimate of drug-likeness (QED) is 0.0544. The van der Waals surface area contributed by atoms with Crippen LogP contribution in [0.25, 0.3) is 21.8 Å². The number of nitrogens with one attached hydrogen (secondary N) is 2. The standard InChI is InChI=1S/C43H56FN3O7.C21H26FN3O4.C21H30O5/c1-22-21-46(18-17-45-22)38-36(44)23(2)33-37(40(38)54-6)47(26-8-9-26)24(3)34(39(33)52)30(49)11-12-32(51)43(53)16-14-29-28-10-7-25-19-27(48)13-15-41(25,4)35(28)31(50)20-42(29,43)5;1-10-9-24(8-7-23-10)18-16(22)11(2)14-17(20(18)29-4)25(13-5-6-13)12(3)15(19(14)26)21(27)28;1-19-7-5-13(23)9-12(19)3-4-14-15-6-8-21(26,17(25)11-22)20(15,2)10-16(24)18(14)19/h19,22,26,28-29,31,35,45,50,53H,7-18,20-21H2,1-6H3;10,13,23H,5-9H2,1-4H3,(H,27,28);9,14-16,18,22,24,26H,3-8,10-11H2,1-2H3/t22?,28-,29-,31-,35+,41-,42-,43-;;14-,15-,16-,18+,19-,20-,21-/m0.0/s1. The van der Waals surface area contributed by atoms with Gasteiger partial charge < -0.3 is 69.7 Å². The minimum absolute atomic E-state index is 0.0159. The van der Waals surface area contributed by atoms with Gasteiger partial charge in [0.15, 0.2) is 52.0 Å². The Morgan fingerprint density at radius 2 is 0.972 bits per heavy atom. The summed E-state index contributed by atoms with van der Waals surface area (Å²) in [5, 5.41) is 72.5. The van der Waals surface area contributed by atoms with E-state index in [4.69, 9.17) is 9.47 Å². The van der Waals surface area contributed by atoms with E-state index in [2.05, 4.69) is 24.5 Å². The number of carboxylic acid groups (broad SMARTS) is 1. The highest BCUT2D eigenvalue weighted by molar-refractivity contribution is 6.05. The molecule has 2 aliphatic heterocycles. The number of anilines is 2. The maximum atomic E-state index is 16.5. The molecule has 24 heteroatoms. The molecule has 12 aliphatic rings. The number of carboxylic acids is 1. The first-order chi connectivity index (χ1) is 51.5. The molecule has 22 nitrogen and oxygen atoms in total. The van der Waals surface area contributed by atoms with Crippen molar-refractivity contribution in [1.29, 1.82) is 0 Å². The topological polar surface area (TPSA) is 317 Å². The van der Waals surface area contributed by atoms with Crippen LogP contribution in [0.1, 0.15) is 225 Å². The predicted octanol–water partition coefficient (Wildman–Crippen LogP) is 10.0. The van der Waals surface area contributed by atoms with E-state index in [0.717, 1.165) is 69.8 Å². The Morgan fingerprint density at radius 1 is 0.569 bits per heavy atom. The van der Waals surface area contributed by atoms with Gasteiger partial charge in [-0.05, 0) is 203 Å². The number of hydrogen-bond acceptors (Lipinski definition) is 19. The molecule has 16 atom stereocenters. The number of pyridine rings is 2. The molecule has 0 amide bonds. The molecule has 2 saturated heterocycles. The third kappa shape index (κ3) is 12.3. The molecule has 8 saturated carbocycles. The van der Waals surface area contributed by atoms with Crippen molar-refractivity contribution in [1.82, 2.24) is 19.8 Å². The van der Waals surface area contributed by atoms with E-state index in [1.165, 1.54) is 19.8 Å². The molecule has 4 heterocycles. The zero-order valence-corrected chi connectivity index (χ0v) is 65.5. The van der Waals surface area contributed by atoms with E-state index in [-0.39, 0.29) is 141 Å². The van der Waals surface area contributed by atoms with Crippen molar-refractivity contribution in [2.24, 2.45) is 57.2 Å². The second-order valence-electron chi connectivity index (χ2n) is 35.7. The molecule has 10 fully saturated rings. The minimum atomic E-state index is -1.72. The first kappa shape index (κ1) is 78.6. The van der Waals surface area contributed by atoms with Crippen molar-refractivity contribution in [2.75, 3.05) is 69.9 Å². The number of aromatic nitrogens is 2. The molecular weight excluding hydrogens is 1400 g/mol. The Bertz CT molecular complexity index is 4670. The van der Waals surface area contributed by atoms with Crippen molar-refractivity contribution in [3.8, 4) is 11.5 Å². The van der Waals surface area contributed by atoms with Gasteiger partial charge in [0.1, 0.15) is 34.7 Å². The maximum absolute atomic E-state index is 16.5. The highest BCUT2D eigenvalue weighted by Crippen LogP contribution is 2.70. The summed E-state index contributed by atoms with van der Waals surface area (Å²) in [7, 11) is 2.96. The average Bonchev–Trinajstić information content (AvgIpc) is 1.18. The minimum Gasteiger partial charge on any atom is -0.492 e. The number of aryl methyl sites for hydroxylation is 2. The number of carbonyl (C=O) groups excluding carboxylic acids is 5. The second-order valence-corrected chi connectivity index (χ2v) is 35.7. The number of methoxy groups -OCH3 is 2. The maximum Gasteiger partial charge on any atom is 0.341 e. The molecule has 0 spiro atoms. The number of Topliss-reactive ketones (excluding diaryl/α,β-unsaturated/α-hetero) is 3. The molecule has 2 aromatic heterocycles. The number of allylic oxidation sites excluding steroid dienone is 2. The third-order valence-electron chi connectivity index (χ3n) is 29.8. The SMILES string of the molecule is COc1c(N2CCNC(C)C2)c(F)c(C)c2c(=O)c(C(=O)CCC(=O)[C@@]3(O)CC[C@H]4[C@@H]5CCC6=CC(=O)CC[C@]6(C)[C@H]5[C@@H](O)C[C@@]43C)c(C)n(C3CC3)c12.COc1c(N2CCNC(C)C2)c(F)c(C)c2c(=O)c(C(=O)O)c(C)n(C3CC3)c12.C[C@]12CCC(=O)C=C1CC[C@@H]1[C@@H]2[C@@H](O)C[C@@]2(C)[C@H]1CC[C@]2(O)C(=O)CO. The van der Waals surface area contributed by atoms with Gasteiger partial charge in [0, 0.05) is 122 Å². The van der Waals surface area contributed by atoms with Crippen LogP contribution in [-0.2, 0) is 19.2 Å². The van der Waals surface area contributed by atoms with E-state index in [9.17, 15) is 69.0 Å². The summed E-state index contributed by atoms with van der Waals surface area (Å²) < 4.78 is 47.6. The van der Waals surface area contributed by atoms with Gasteiger partial charge in [-0.1, -0.05) is 38.8 Å². The summed E-state index contributed by atoms with van der Waals surface area (Å²) in [6.07, 6.45) is 13.7. The number of aromatic carboxylic acids is 1. The van der Waals surface area contributed by atoms with Crippen molar-refractivity contribution in [3.63, 3.8) is 0 Å². The number of piperazine rings is 2. The van der Waals surface area contributed by atoms with Crippen LogP contribution < -0.4 is 40.8 Å². The van der Waals surface area contributed by atoms with Crippen molar-refractivity contribution < 1.29 is 77.7 Å². The van der Waals surface area contributed by atoms with Crippen LogP contribution in [-0.4, -0.2) is 170 Å². The molecule has 2 unspecified atom stereocenters. The summed E-state index contributed by atoms with van der Waals surface area (Å²) in [6.45, 7) is 21.9. The van der Waals surface area contributed by atoms with E-state index in [1.807, 2.05) is 46.6 Å². The van der Waals surface area contributed by atoms with E-state index in [1.54, 1.807) is 39.8 Å². The number of carbonyl (C=O) groups is 6. The van der Waals surface area contributed by atoms with E-state index < -0.39 is 86.7 Å². The molecule has 10 aliphatic carbocycles. The monoisotopic (exact) mass is 1510 g/mol. The number of nitrogens with zero attached hydrogens (tertiary/aromatic N) is 4. The van der Waals surface area contributed by atoms with Gasteiger partial charge in [-0.25, -0.2) is 13.6 Å². The lowest BCUT2D eigenvalue weighted by Gasteiger charge is -2.60. The summed E-state index contributed by atoms with van der Waals surface area (Å²) in [5.74, 6) is -2.32. The average molecular weight is 1510 g/mol. The summed E-state index contributed by atoms with van der Waals surface area (Å²) in [4.78, 5) is 108. The van der Waals surface area contributed by atoms with Gasteiger partial charge in [-0.2, -0.15) is 0 Å². The Hall–Kier alpha value is -7.06. The fourth-order valence-corrected chi connectivity index (χ4v) is 24.1.